The molecule has 6 heteroatoms. The van der Waals surface area contributed by atoms with E-state index in [4.69, 9.17) is 4.74 Å². The number of aryl methyl sites for hydroxylation is 1. The summed E-state index contributed by atoms with van der Waals surface area (Å²) in [7, 11) is 0. The van der Waals surface area contributed by atoms with E-state index in [0.29, 0.717) is 5.56 Å². The molecule has 2 bridgehead atoms. The Morgan fingerprint density at radius 2 is 1.63 bits per heavy atom. The number of hydrogen-bond acceptors (Lipinski definition) is 5. The zero-order valence-electron chi connectivity index (χ0n) is 15.3. The fraction of sp³-hybridized carbons (Fsp3) is 0.429. The Morgan fingerprint density at radius 1 is 1.07 bits per heavy atom. The maximum absolute atomic E-state index is 12.7. The van der Waals surface area contributed by atoms with Gasteiger partial charge in [0.25, 0.3) is 0 Å². The van der Waals surface area contributed by atoms with Crippen molar-refractivity contribution in [3.8, 4) is 0 Å². The highest BCUT2D eigenvalue weighted by atomic mass is 16.5. The standard InChI is InChI=1S/C21H21NO5/c1-11-3-5-13(6-4-11)16(23)10-27-21(26)12(2)22-19(24)17-14-7-8-15(9-14)18(17)20(22)25/h3-8,12,14-15,17-18H,9-10H2,1-2H3/t12-,14-,15+,17-,18-/m0/s1. The van der Waals surface area contributed by atoms with Crippen LogP contribution >= 0.6 is 0 Å². The highest BCUT2D eigenvalue weighted by Gasteiger charge is 2.60. The molecule has 0 unspecified atom stereocenters. The highest BCUT2D eigenvalue weighted by Crippen LogP contribution is 2.52. The lowest BCUT2D eigenvalue weighted by atomic mass is 9.85. The molecule has 5 atom stereocenters. The molecule has 1 aromatic rings. The van der Waals surface area contributed by atoms with Crippen LogP contribution in [-0.2, 0) is 19.1 Å². The summed E-state index contributed by atoms with van der Waals surface area (Å²) in [5.41, 5.74) is 1.48. The van der Waals surface area contributed by atoms with Crippen molar-refractivity contribution in [2.75, 3.05) is 6.61 Å². The third kappa shape index (κ3) is 2.80. The molecule has 3 aliphatic rings. The lowest BCUT2D eigenvalue weighted by molar-refractivity contribution is -0.157. The smallest absolute Gasteiger partial charge is 0.329 e. The van der Waals surface area contributed by atoms with Gasteiger partial charge in [0.1, 0.15) is 6.04 Å². The van der Waals surface area contributed by atoms with Gasteiger partial charge in [0.15, 0.2) is 12.4 Å². The summed E-state index contributed by atoms with van der Waals surface area (Å²) in [6, 6.07) is 5.93. The number of hydrogen-bond donors (Lipinski definition) is 0. The first kappa shape index (κ1) is 17.6. The second-order valence-corrected chi connectivity index (χ2v) is 7.62. The van der Waals surface area contributed by atoms with Gasteiger partial charge < -0.3 is 4.74 Å². The van der Waals surface area contributed by atoms with Crippen molar-refractivity contribution in [1.29, 1.82) is 0 Å². The number of carbonyl (C=O) groups excluding carboxylic acids is 4. The summed E-state index contributed by atoms with van der Waals surface area (Å²) in [4.78, 5) is 51.0. The van der Waals surface area contributed by atoms with Gasteiger partial charge in [0, 0.05) is 5.56 Å². The third-order valence-electron chi connectivity index (χ3n) is 5.95. The van der Waals surface area contributed by atoms with Crippen molar-refractivity contribution in [2.45, 2.75) is 26.3 Å². The van der Waals surface area contributed by atoms with E-state index < -0.39 is 18.6 Å². The zero-order chi connectivity index (χ0) is 19.3. The van der Waals surface area contributed by atoms with Gasteiger partial charge >= 0.3 is 5.97 Å². The molecule has 6 nitrogen and oxygen atoms in total. The highest BCUT2D eigenvalue weighted by molar-refractivity contribution is 6.09. The van der Waals surface area contributed by atoms with Crippen molar-refractivity contribution in [1.82, 2.24) is 4.90 Å². The van der Waals surface area contributed by atoms with Crippen molar-refractivity contribution in [3.63, 3.8) is 0 Å². The van der Waals surface area contributed by atoms with Crippen LogP contribution in [0.4, 0.5) is 0 Å². The van der Waals surface area contributed by atoms with E-state index in [1.807, 2.05) is 19.1 Å². The second-order valence-electron chi connectivity index (χ2n) is 7.62. The van der Waals surface area contributed by atoms with Crippen LogP contribution in [0.25, 0.3) is 0 Å². The van der Waals surface area contributed by atoms with Gasteiger partial charge in [-0.1, -0.05) is 42.0 Å². The number of benzene rings is 1. The van der Waals surface area contributed by atoms with E-state index >= 15 is 0 Å². The average molecular weight is 367 g/mol. The van der Waals surface area contributed by atoms with Gasteiger partial charge in [-0.15, -0.1) is 0 Å². The number of allylic oxidation sites excluding steroid dienone is 2. The molecule has 0 radical (unpaired) electrons. The van der Waals surface area contributed by atoms with Crippen molar-refractivity contribution < 1.29 is 23.9 Å². The number of nitrogens with zero attached hydrogens (tertiary/aromatic N) is 1. The lowest BCUT2D eigenvalue weighted by Crippen LogP contribution is -2.45. The van der Waals surface area contributed by atoms with Crippen molar-refractivity contribution >= 4 is 23.6 Å². The summed E-state index contributed by atoms with van der Waals surface area (Å²) >= 11 is 0. The molecule has 0 N–H and O–H groups in total. The first-order valence-electron chi connectivity index (χ1n) is 9.20. The van der Waals surface area contributed by atoms with E-state index in [1.54, 1.807) is 24.3 Å². The molecule has 2 amide bonds. The molecule has 1 aromatic carbocycles. The minimum atomic E-state index is -1.03. The molecule has 27 heavy (non-hydrogen) atoms. The van der Waals surface area contributed by atoms with Crippen LogP contribution in [-0.4, -0.2) is 41.1 Å². The van der Waals surface area contributed by atoms with Gasteiger partial charge in [-0.2, -0.15) is 0 Å². The Balaban J connectivity index is 1.39. The lowest BCUT2D eigenvalue weighted by Gasteiger charge is -2.23. The van der Waals surface area contributed by atoms with Gasteiger partial charge in [-0.3, -0.25) is 19.3 Å². The summed E-state index contributed by atoms with van der Waals surface area (Å²) < 4.78 is 5.10. The number of rotatable bonds is 5. The SMILES string of the molecule is Cc1ccc(C(=O)COC(=O)[C@H](C)N2C(=O)[C@@H]3[C@@H](C2=O)[C@H]2C=C[C@@H]3C2)cc1. The fourth-order valence-corrected chi connectivity index (χ4v) is 4.49. The molecule has 2 aliphatic carbocycles. The molecule has 2 fully saturated rings. The Labute approximate surface area is 157 Å². The number of likely N-dealkylation sites (tertiary alicyclic amines) is 1. The first-order valence-corrected chi connectivity index (χ1v) is 9.20. The van der Waals surface area contributed by atoms with Crippen molar-refractivity contribution in [3.05, 3.63) is 47.5 Å². The van der Waals surface area contributed by atoms with Gasteiger partial charge in [-0.05, 0) is 32.1 Å². The molecule has 1 aliphatic heterocycles. The molecule has 0 aromatic heterocycles. The predicted molar refractivity (Wildman–Crippen MR) is 95.5 cm³/mol. The summed E-state index contributed by atoms with van der Waals surface area (Å²) in [5.74, 6) is -2.17. The van der Waals surface area contributed by atoms with Crippen LogP contribution in [0.15, 0.2) is 36.4 Å². The monoisotopic (exact) mass is 367 g/mol. The van der Waals surface area contributed by atoms with E-state index in [1.165, 1.54) is 6.92 Å². The molecule has 1 saturated heterocycles. The second kappa shape index (κ2) is 6.44. The molecule has 0 spiro atoms. The maximum Gasteiger partial charge on any atom is 0.329 e. The zero-order valence-corrected chi connectivity index (χ0v) is 15.3. The molecule has 1 heterocycles. The topological polar surface area (TPSA) is 80.8 Å². The minimum Gasteiger partial charge on any atom is -0.456 e. The summed E-state index contributed by atoms with van der Waals surface area (Å²) in [6.45, 7) is 2.98. The van der Waals surface area contributed by atoms with Crippen LogP contribution in [0.3, 0.4) is 0 Å². The van der Waals surface area contributed by atoms with Crippen LogP contribution in [0.2, 0.25) is 0 Å². The van der Waals surface area contributed by atoms with E-state index in [0.717, 1.165) is 16.9 Å². The number of fused-ring (bicyclic) bond motifs is 5. The fourth-order valence-electron chi connectivity index (χ4n) is 4.49. The largest absolute Gasteiger partial charge is 0.456 e. The minimum absolute atomic E-state index is 0.0905. The number of Topliss-reactive ketones (excluding diaryl/α,β-unsaturated/α-hetero) is 1. The number of imide groups is 1. The summed E-state index contributed by atoms with van der Waals surface area (Å²) in [6.07, 6.45) is 4.85. The van der Waals surface area contributed by atoms with Crippen LogP contribution in [0.5, 0.6) is 0 Å². The Bertz CT molecular complexity index is 826. The van der Waals surface area contributed by atoms with E-state index in [2.05, 4.69) is 0 Å². The molecular formula is C21H21NO5. The predicted octanol–water partition coefficient (Wildman–Crippen LogP) is 1.92. The van der Waals surface area contributed by atoms with Crippen LogP contribution in [0, 0.1) is 30.6 Å². The third-order valence-corrected chi connectivity index (χ3v) is 5.95. The molecular weight excluding hydrogens is 346 g/mol. The number of ketones is 1. The first-order chi connectivity index (χ1) is 12.9. The average Bonchev–Trinajstić information content (AvgIpc) is 3.33. The van der Waals surface area contributed by atoms with Gasteiger partial charge in [0.2, 0.25) is 11.8 Å². The van der Waals surface area contributed by atoms with E-state index in [9.17, 15) is 19.2 Å². The molecule has 1 saturated carbocycles. The maximum atomic E-state index is 12.7. The molecule has 4 rings (SSSR count). The Hall–Kier alpha value is -2.76. The van der Waals surface area contributed by atoms with Gasteiger partial charge in [0.05, 0.1) is 11.8 Å². The molecule has 140 valence electrons. The Morgan fingerprint density at radius 3 is 2.19 bits per heavy atom. The normalized spacial score (nSPS) is 29.2. The quantitative estimate of drug-likeness (QED) is 0.344. The van der Waals surface area contributed by atoms with Crippen LogP contribution < -0.4 is 0 Å². The van der Waals surface area contributed by atoms with Crippen molar-refractivity contribution in [2.24, 2.45) is 23.7 Å². The number of ether oxygens (including phenoxy) is 1. The number of amides is 2. The Kier molecular flexibility index (Phi) is 4.21. The van der Waals surface area contributed by atoms with Gasteiger partial charge in [-0.25, -0.2) is 4.79 Å². The van der Waals surface area contributed by atoms with E-state index in [-0.39, 0.29) is 41.3 Å². The summed E-state index contributed by atoms with van der Waals surface area (Å²) in [5, 5.41) is 0. The number of esters is 1. The van der Waals surface area contributed by atoms with Crippen LogP contribution in [0.1, 0.15) is 29.3 Å². The number of carbonyl (C=O) groups is 4.